The number of hydrogen-bond donors (Lipinski definition) is 1. The second-order valence-electron chi connectivity index (χ2n) is 6.49. The highest BCUT2D eigenvalue weighted by atomic mass is 32.2. The molecule has 5 unspecified atom stereocenters. The van der Waals surface area contributed by atoms with E-state index >= 15 is 0 Å². The molecular weight excluding hydrogens is 443 g/mol. The molecule has 0 spiro atoms. The van der Waals surface area contributed by atoms with Crippen LogP contribution < -0.4 is 5.73 Å². The van der Waals surface area contributed by atoms with Crippen molar-refractivity contribution in [3.05, 3.63) is 23.5 Å². The Bertz CT molecular complexity index is 863. The van der Waals surface area contributed by atoms with Crippen LogP contribution in [0.15, 0.2) is 17.2 Å². The predicted molar refractivity (Wildman–Crippen MR) is 99.4 cm³/mol. The summed E-state index contributed by atoms with van der Waals surface area (Å²) in [7, 11) is 1.34. The zero-order valence-corrected chi connectivity index (χ0v) is 17.5. The minimum atomic E-state index is -4.78. The fourth-order valence-electron chi connectivity index (χ4n) is 2.94. The number of carbonyl (C=O) groups excluding carboxylic acids is 2. The molecule has 5 atom stereocenters. The lowest BCUT2D eigenvalue weighted by molar-refractivity contribution is -0.196. The SMILES string of the molecule is COC1C(Sc2cnc(C(F)(F)F)c(C#N)c2)OC(COC(C)=O)C(OC(C)=O)C1N. The summed E-state index contributed by atoms with van der Waals surface area (Å²) >= 11 is 0.920. The van der Waals surface area contributed by atoms with Crippen LogP contribution >= 0.6 is 11.8 Å². The Hall–Kier alpha value is -2.40. The molecule has 1 saturated heterocycles. The molecule has 2 rings (SSSR count). The lowest BCUT2D eigenvalue weighted by atomic mass is 9.98. The topological polar surface area (TPSA) is 134 Å². The summed E-state index contributed by atoms with van der Waals surface area (Å²) in [5, 5.41) is 9.06. The number of esters is 2. The van der Waals surface area contributed by atoms with Gasteiger partial charge in [-0.25, -0.2) is 4.98 Å². The molecule has 0 radical (unpaired) electrons. The average molecular weight is 463 g/mol. The van der Waals surface area contributed by atoms with E-state index in [1.54, 1.807) is 0 Å². The summed E-state index contributed by atoms with van der Waals surface area (Å²) in [5.74, 6) is -1.23. The zero-order valence-electron chi connectivity index (χ0n) is 16.7. The number of thioether (sulfide) groups is 1. The first-order valence-electron chi connectivity index (χ1n) is 8.86. The fraction of sp³-hybridized carbons (Fsp3) is 0.556. The van der Waals surface area contributed by atoms with Gasteiger partial charge in [0.15, 0.2) is 5.69 Å². The molecule has 31 heavy (non-hydrogen) atoms. The molecule has 1 aliphatic heterocycles. The number of aromatic nitrogens is 1. The van der Waals surface area contributed by atoms with Crippen molar-refractivity contribution >= 4 is 23.7 Å². The number of pyridine rings is 1. The van der Waals surface area contributed by atoms with Crippen LogP contribution in [-0.4, -0.2) is 60.4 Å². The van der Waals surface area contributed by atoms with E-state index < -0.39 is 59.2 Å². The van der Waals surface area contributed by atoms with Crippen molar-refractivity contribution in [2.75, 3.05) is 13.7 Å². The summed E-state index contributed by atoms with van der Waals surface area (Å²) in [6, 6.07) is 1.60. The Labute approximate surface area is 180 Å². The minimum absolute atomic E-state index is 0.195. The molecule has 1 aromatic rings. The van der Waals surface area contributed by atoms with E-state index in [1.807, 2.05) is 0 Å². The molecular formula is C18H20F3N3O6S. The lowest BCUT2D eigenvalue weighted by Gasteiger charge is -2.43. The first kappa shape index (κ1) is 24.9. The largest absolute Gasteiger partial charge is 0.463 e. The van der Waals surface area contributed by atoms with Crippen LogP contribution in [0.25, 0.3) is 0 Å². The normalized spacial score (nSPS) is 26.1. The van der Waals surface area contributed by atoms with Crippen molar-refractivity contribution in [2.24, 2.45) is 5.73 Å². The number of methoxy groups -OCH3 is 1. The van der Waals surface area contributed by atoms with Gasteiger partial charge < -0.3 is 24.7 Å². The Kier molecular flexibility index (Phi) is 8.24. The zero-order chi connectivity index (χ0) is 23.3. The van der Waals surface area contributed by atoms with Gasteiger partial charge in [0.2, 0.25) is 0 Å². The molecule has 1 aromatic heterocycles. The highest BCUT2D eigenvalue weighted by Crippen LogP contribution is 2.37. The van der Waals surface area contributed by atoms with Gasteiger partial charge in [0, 0.05) is 32.0 Å². The molecule has 1 aliphatic rings. The van der Waals surface area contributed by atoms with Crippen molar-refractivity contribution in [3.63, 3.8) is 0 Å². The summed E-state index contributed by atoms with van der Waals surface area (Å²) in [6.07, 6.45) is -6.63. The maximum absolute atomic E-state index is 13.0. The lowest BCUT2D eigenvalue weighted by Crippen LogP contribution is -2.63. The van der Waals surface area contributed by atoms with Gasteiger partial charge in [0.25, 0.3) is 0 Å². The van der Waals surface area contributed by atoms with Gasteiger partial charge in [-0.15, -0.1) is 0 Å². The van der Waals surface area contributed by atoms with Crippen molar-refractivity contribution < 1.29 is 41.7 Å². The number of hydrogen-bond acceptors (Lipinski definition) is 10. The van der Waals surface area contributed by atoms with Crippen molar-refractivity contribution in [3.8, 4) is 6.07 Å². The van der Waals surface area contributed by atoms with E-state index in [1.165, 1.54) is 27.0 Å². The van der Waals surface area contributed by atoms with E-state index in [0.29, 0.717) is 0 Å². The summed E-state index contributed by atoms with van der Waals surface area (Å²) in [6.45, 7) is 2.09. The van der Waals surface area contributed by atoms with Gasteiger partial charge >= 0.3 is 18.1 Å². The van der Waals surface area contributed by atoms with E-state index in [9.17, 15) is 22.8 Å². The number of carbonyl (C=O) groups is 2. The second kappa shape index (κ2) is 10.3. The quantitative estimate of drug-likeness (QED) is 0.620. The van der Waals surface area contributed by atoms with E-state index in [4.69, 9.17) is 29.9 Å². The Morgan fingerprint density at radius 3 is 2.52 bits per heavy atom. The molecule has 170 valence electrons. The highest BCUT2D eigenvalue weighted by molar-refractivity contribution is 7.99. The second-order valence-corrected chi connectivity index (χ2v) is 7.66. The Balaban J connectivity index is 2.31. The summed E-state index contributed by atoms with van der Waals surface area (Å²) in [5.41, 5.74) is 3.36. The predicted octanol–water partition coefficient (Wildman–Crippen LogP) is 1.63. The molecule has 0 aliphatic carbocycles. The van der Waals surface area contributed by atoms with Gasteiger partial charge in [-0.05, 0) is 6.07 Å². The number of ether oxygens (including phenoxy) is 4. The van der Waals surface area contributed by atoms with Crippen LogP contribution in [0.4, 0.5) is 13.2 Å². The molecule has 0 amide bonds. The van der Waals surface area contributed by atoms with Crippen LogP contribution in [0, 0.1) is 11.3 Å². The first-order chi connectivity index (χ1) is 14.5. The number of nitrogens with zero attached hydrogens (tertiary/aromatic N) is 2. The van der Waals surface area contributed by atoms with Crippen molar-refractivity contribution in [1.29, 1.82) is 5.26 Å². The van der Waals surface area contributed by atoms with Crippen molar-refractivity contribution in [1.82, 2.24) is 4.98 Å². The fourth-order valence-corrected chi connectivity index (χ4v) is 4.13. The maximum Gasteiger partial charge on any atom is 0.434 e. The number of rotatable bonds is 6. The van der Waals surface area contributed by atoms with Crippen LogP contribution in [0.3, 0.4) is 0 Å². The van der Waals surface area contributed by atoms with E-state index in [0.717, 1.165) is 24.0 Å². The molecule has 0 saturated carbocycles. The number of nitrogens with two attached hydrogens (primary N) is 1. The van der Waals surface area contributed by atoms with Crippen LogP contribution in [-0.2, 0) is 34.7 Å². The summed E-state index contributed by atoms with van der Waals surface area (Å²) in [4.78, 5) is 26.2. The van der Waals surface area contributed by atoms with Crippen molar-refractivity contribution in [2.45, 2.75) is 54.7 Å². The number of alkyl halides is 3. The van der Waals surface area contributed by atoms with Gasteiger partial charge in [-0.2, -0.15) is 18.4 Å². The number of halogens is 3. The highest BCUT2D eigenvalue weighted by Gasteiger charge is 2.47. The Morgan fingerprint density at radius 1 is 1.32 bits per heavy atom. The smallest absolute Gasteiger partial charge is 0.434 e. The van der Waals surface area contributed by atoms with Gasteiger partial charge in [-0.3, -0.25) is 9.59 Å². The minimum Gasteiger partial charge on any atom is -0.463 e. The molecule has 0 bridgehead atoms. The Morgan fingerprint density at radius 2 is 2.00 bits per heavy atom. The third-order valence-electron chi connectivity index (χ3n) is 4.23. The molecule has 2 N–H and O–H groups in total. The molecule has 13 heteroatoms. The van der Waals surface area contributed by atoms with E-state index in [-0.39, 0.29) is 11.5 Å². The van der Waals surface area contributed by atoms with Crippen LogP contribution in [0.1, 0.15) is 25.1 Å². The average Bonchev–Trinajstić information content (AvgIpc) is 2.67. The monoisotopic (exact) mass is 463 g/mol. The standard InChI is InChI=1S/C18H20F3N3O6S/c1-8(25)28-7-12-14(29-9(2)26)13(23)15(27-3)17(30-12)31-11-4-10(5-22)16(24-6-11)18(19,20)21/h4,6,12-15,17H,7,23H2,1-3H3. The van der Waals surface area contributed by atoms with Gasteiger partial charge in [0.1, 0.15) is 36.4 Å². The first-order valence-corrected chi connectivity index (χ1v) is 9.74. The molecule has 2 heterocycles. The van der Waals surface area contributed by atoms with Crippen LogP contribution in [0.2, 0.25) is 0 Å². The van der Waals surface area contributed by atoms with E-state index in [2.05, 4.69) is 4.98 Å². The van der Waals surface area contributed by atoms with Gasteiger partial charge in [-0.1, -0.05) is 11.8 Å². The summed E-state index contributed by atoms with van der Waals surface area (Å²) < 4.78 is 60.4. The van der Waals surface area contributed by atoms with Crippen LogP contribution in [0.5, 0.6) is 0 Å². The third kappa shape index (κ3) is 6.30. The van der Waals surface area contributed by atoms with Gasteiger partial charge in [0.05, 0.1) is 11.6 Å². The molecule has 1 fully saturated rings. The number of nitriles is 1. The maximum atomic E-state index is 13.0. The molecule has 0 aromatic carbocycles. The molecule has 9 nitrogen and oxygen atoms in total. The third-order valence-corrected chi connectivity index (χ3v) is 5.34.